The predicted octanol–water partition coefficient (Wildman–Crippen LogP) is 2.46. The van der Waals surface area contributed by atoms with E-state index in [2.05, 4.69) is 0 Å². The van der Waals surface area contributed by atoms with Crippen molar-refractivity contribution in [2.24, 2.45) is 5.92 Å². The number of hydrogen-bond acceptors (Lipinski definition) is 2. The summed E-state index contributed by atoms with van der Waals surface area (Å²) >= 11 is 0. The lowest BCUT2D eigenvalue weighted by atomic mass is 10.0. The van der Waals surface area contributed by atoms with E-state index in [9.17, 15) is 9.90 Å². The van der Waals surface area contributed by atoms with Crippen LogP contribution in [0.4, 0.5) is 0 Å². The van der Waals surface area contributed by atoms with Crippen molar-refractivity contribution in [1.82, 2.24) is 0 Å². The molecule has 1 saturated carbocycles. The summed E-state index contributed by atoms with van der Waals surface area (Å²) in [5.74, 6) is -0.681. The molecule has 1 fully saturated rings. The summed E-state index contributed by atoms with van der Waals surface area (Å²) in [4.78, 5) is 11.2. The van der Waals surface area contributed by atoms with E-state index in [1.807, 2.05) is 30.3 Å². The average molecular weight is 220 g/mol. The van der Waals surface area contributed by atoms with Crippen LogP contribution in [0.2, 0.25) is 0 Å². The van der Waals surface area contributed by atoms with Gasteiger partial charge >= 0.3 is 5.97 Å². The molecule has 1 atom stereocenters. The minimum atomic E-state index is -1.02. The second-order valence-electron chi connectivity index (χ2n) is 4.46. The first-order valence-corrected chi connectivity index (χ1v) is 5.54. The van der Waals surface area contributed by atoms with Crippen molar-refractivity contribution in [1.29, 1.82) is 0 Å². The summed E-state index contributed by atoms with van der Waals surface area (Å²) in [6.45, 7) is 2.04. The summed E-state index contributed by atoms with van der Waals surface area (Å²) in [5, 5.41) is 9.20. The lowest BCUT2D eigenvalue weighted by Crippen LogP contribution is -2.40. The van der Waals surface area contributed by atoms with Gasteiger partial charge in [0.05, 0.1) is 6.61 Å². The van der Waals surface area contributed by atoms with E-state index in [4.69, 9.17) is 4.74 Å². The van der Waals surface area contributed by atoms with Gasteiger partial charge in [-0.15, -0.1) is 0 Å². The highest BCUT2D eigenvalue weighted by molar-refractivity contribution is 5.77. The monoisotopic (exact) mass is 220 g/mol. The van der Waals surface area contributed by atoms with Crippen LogP contribution in [-0.4, -0.2) is 16.7 Å². The van der Waals surface area contributed by atoms with Crippen LogP contribution in [0.1, 0.15) is 25.3 Å². The zero-order chi connectivity index (χ0) is 11.6. The largest absolute Gasteiger partial charge is 0.479 e. The van der Waals surface area contributed by atoms with Crippen molar-refractivity contribution in [3.63, 3.8) is 0 Å². The number of carboxylic acids is 1. The molecule has 1 unspecified atom stereocenters. The Morgan fingerprint density at radius 2 is 2.06 bits per heavy atom. The SMILES string of the molecule is CC(OCc1ccccc1)(C(=O)O)C1CC1. The lowest BCUT2D eigenvalue weighted by Gasteiger charge is -2.25. The van der Waals surface area contributed by atoms with Crippen molar-refractivity contribution >= 4 is 5.97 Å². The van der Waals surface area contributed by atoms with Crippen molar-refractivity contribution in [3.8, 4) is 0 Å². The van der Waals surface area contributed by atoms with Gasteiger partial charge in [-0.1, -0.05) is 30.3 Å². The van der Waals surface area contributed by atoms with Gasteiger partial charge in [0.25, 0.3) is 0 Å². The van der Waals surface area contributed by atoms with Crippen molar-refractivity contribution in [2.75, 3.05) is 0 Å². The molecule has 0 saturated heterocycles. The van der Waals surface area contributed by atoms with Crippen LogP contribution in [0.5, 0.6) is 0 Å². The molecule has 86 valence electrons. The third-order valence-corrected chi connectivity index (χ3v) is 3.16. The van der Waals surface area contributed by atoms with E-state index < -0.39 is 11.6 Å². The Bertz CT molecular complexity index is 370. The molecule has 1 aliphatic carbocycles. The zero-order valence-electron chi connectivity index (χ0n) is 9.35. The van der Waals surface area contributed by atoms with Crippen LogP contribution in [0.3, 0.4) is 0 Å². The molecule has 3 nitrogen and oxygen atoms in total. The fourth-order valence-electron chi connectivity index (χ4n) is 1.80. The zero-order valence-corrected chi connectivity index (χ0v) is 9.35. The van der Waals surface area contributed by atoms with E-state index in [0.29, 0.717) is 6.61 Å². The van der Waals surface area contributed by atoms with Gasteiger partial charge in [0.15, 0.2) is 5.60 Å². The van der Waals surface area contributed by atoms with Crippen LogP contribution >= 0.6 is 0 Å². The van der Waals surface area contributed by atoms with Gasteiger partial charge in [0.2, 0.25) is 0 Å². The predicted molar refractivity (Wildman–Crippen MR) is 60.0 cm³/mol. The molecular weight excluding hydrogens is 204 g/mol. The first kappa shape index (κ1) is 11.1. The number of carboxylic acid groups (broad SMARTS) is 1. The second kappa shape index (κ2) is 4.26. The molecule has 0 amide bonds. The third kappa shape index (κ3) is 2.25. The minimum Gasteiger partial charge on any atom is -0.479 e. The number of aliphatic carboxylic acids is 1. The standard InChI is InChI=1S/C13H16O3/c1-13(12(14)15,11-7-8-11)16-9-10-5-3-2-4-6-10/h2-6,11H,7-9H2,1H3,(H,14,15). The fourth-order valence-corrected chi connectivity index (χ4v) is 1.80. The Balaban J connectivity index is 2.00. The Hall–Kier alpha value is -1.35. The second-order valence-corrected chi connectivity index (χ2v) is 4.46. The average Bonchev–Trinajstić information content (AvgIpc) is 3.11. The van der Waals surface area contributed by atoms with Crippen LogP contribution in [-0.2, 0) is 16.1 Å². The quantitative estimate of drug-likeness (QED) is 0.829. The number of rotatable bonds is 5. The van der Waals surface area contributed by atoms with Crippen LogP contribution < -0.4 is 0 Å². The van der Waals surface area contributed by atoms with Crippen molar-refractivity contribution in [2.45, 2.75) is 32.0 Å². The Morgan fingerprint density at radius 1 is 1.44 bits per heavy atom. The van der Waals surface area contributed by atoms with Gasteiger partial charge in [0, 0.05) is 0 Å². The molecule has 0 radical (unpaired) electrons. The molecule has 0 aromatic heterocycles. The number of hydrogen-bond donors (Lipinski definition) is 1. The summed E-state index contributed by atoms with van der Waals surface area (Å²) in [7, 11) is 0. The normalized spacial score (nSPS) is 19.1. The van der Waals surface area contributed by atoms with Crippen LogP contribution in [0.15, 0.2) is 30.3 Å². The number of carbonyl (C=O) groups is 1. The molecule has 1 aromatic carbocycles. The molecule has 1 N–H and O–H groups in total. The molecule has 1 aromatic rings. The maximum Gasteiger partial charge on any atom is 0.335 e. The third-order valence-electron chi connectivity index (χ3n) is 3.16. The van der Waals surface area contributed by atoms with Gasteiger partial charge in [-0.05, 0) is 31.2 Å². The molecule has 16 heavy (non-hydrogen) atoms. The molecule has 0 spiro atoms. The maximum absolute atomic E-state index is 11.2. The first-order chi connectivity index (χ1) is 7.63. The number of benzene rings is 1. The van der Waals surface area contributed by atoms with E-state index in [1.54, 1.807) is 6.92 Å². The van der Waals surface area contributed by atoms with Gasteiger partial charge in [-0.2, -0.15) is 0 Å². The molecule has 3 heteroatoms. The lowest BCUT2D eigenvalue weighted by molar-refractivity contribution is -0.168. The fraction of sp³-hybridized carbons (Fsp3) is 0.462. The minimum absolute atomic E-state index is 0.175. The molecule has 1 aliphatic rings. The van der Waals surface area contributed by atoms with E-state index >= 15 is 0 Å². The molecule has 0 bridgehead atoms. The summed E-state index contributed by atoms with van der Waals surface area (Å²) in [5.41, 5.74) is -0.00818. The topological polar surface area (TPSA) is 46.5 Å². The molecule has 0 heterocycles. The Kier molecular flexibility index (Phi) is 2.97. The summed E-state index contributed by atoms with van der Waals surface area (Å²) in [6.07, 6.45) is 1.91. The smallest absolute Gasteiger partial charge is 0.335 e. The van der Waals surface area contributed by atoms with Crippen molar-refractivity contribution < 1.29 is 14.6 Å². The molecule has 0 aliphatic heterocycles. The first-order valence-electron chi connectivity index (χ1n) is 5.54. The molecule has 2 rings (SSSR count). The highest BCUT2D eigenvalue weighted by Gasteiger charge is 2.48. The van der Waals surface area contributed by atoms with Gasteiger partial charge in [0.1, 0.15) is 0 Å². The molecular formula is C13H16O3. The Labute approximate surface area is 95.0 Å². The maximum atomic E-state index is 11.2. The number of ether oxygens (including phenoxy) is 1. The van der Waals surface area contributed by atoms with Crippen LogP contribution in [0, 0.1) is 5.92 Å². The van der Waals surface area contributed by atoms with Crippen molar-refractivity contribution in [3.05, 3.63) is 35.9 Å². The van der Waals surface area contributed by atoms with E-state index in [1.165, 1.54) is 0 Å². The van der Waals surface area contributed by atoms with Crippen LogP contribution in [0.25, 0.3) is 0 Å². The summed E-state index contributed by atoms with van der Waals surface area (Å²) in [6, 6.07) is 9.66. The Morgan fingerprint density at radius 3 is 2.56 bits per heavy atom. The van der Waals surface area contributed by atoms with Gasteiger partial charge in [-0.25, -0.2) is 4.79 Å². The summed E-state index contributed by atoms with van der Waals surface area (Å²) < 4.78 is 5.60. The van der Waals surface area contributed by atoms with E-state index in [0.717, 1.165) is 18.4 Å². The van der Waals surface area contributed by atoms with Gasteiger partial charge in [-0.3, -0.25) is 0 Å². The van der Waals surface area contributed by atoms with Gasteiger partial charge < -0.3 is 9.84 Å². The van der Waals surface area contributed by atoms with E-state index in [-0.39, 0.29) is 5.92 Å². The highest BCUT2D eigenvalue weighted by atomic mass is 16.5. The highest BCUT2D eigenvalue weighted by Crippen LogP contribution is 2.42.